The largest absolute Gasteiger partial charge is 0.489 e. The Morgan fingerprint density at radius 1 is 1.02 bits per heavy atom. The number of hydrogen-bond donors (Lipinski definition) is 1. The van der Waals surface area contributed by atoms with Crippen LogP contribution in [0.4, 0.5) is 0 Å². The fraction of sp³-hybridized carbons (Fsp3) is 0.394. The highest BCUT2D eigenvalue weighted by Gasteiger charge is 2.35. The Bertz CT molecular complexity index is 1600. The highest BCUT2D eigenvalue weighted by molar-refractivity contribution is 7.13. The summed E-state index contributed by atoms with van der Waals surface area (Å²) in [5.74, 6) is 1.59. The number of piperidine rings is 1. The van der Waals surface area contributed by atoms with Gasteiger partial charge in [0.25, 0.3) is 0 Å². The molecule has 1 aliphatic heterocycles. The predicted octanol–water partition coefficient (Wildman–Crippen LogP) is 6.51. The standard InChI is InChI=1S/C33H36N4O4S/c1-3-21-18-25(10-11-26(21)22-12-15-36(16-13-22)32(38)23-8-9-23)41-20-24-14-17-42-31(24)28-6-5-7-30(35-28)37-29(4-2)27(19-34-37)33(39)40/h5-7,10-11,14,17-19,22-23H,3-4,8-9,12-13,15-16,20H2,1-2H3,(H,39,40). The fourth-order valence-corrected chi connectivity index (χ4v) is 6.85. The van der Waals surface area contributed by atoms with Crippen LogP contribution in [0.2, 0.25) is 0 Å². The molecule has 2 fully saturated rings. The minimum atomic E-state index is -0.989. The molecule has 1 saturated heterocycles. The fourth-order valence-electron chi connectivity index (χ4n) is 5.97. The van der Waals surface area contributed by atoms with Gasteiger partial charge in [0.1, 0.15) is 17.9 Å². The van der Waals surface area contributed by atoms with E-state index in [4.69, 9.17) is 9.72 Å². The van der Waals surface area contributed by atoms with Gasteiger partial charge in [-0.1, -0.05) is 26.0 Å². The van der Waals surface area contributed by atoms with E-state index in [1.165, 1.54) is 17.3 Å². The van der Waals surface area contributed by atoms with Gasteiger partial charge in [-0.25, -0.2) is 14.5 Å². The number of pyridine rings is 1. The zero-order valence-electron chi connectivity index (χ0n) is 24.1. The van der Waals surface area contributed by atoms with Crippen LogP contribution in [0.15, 0.2) is 54.0 Å². The lowest BCUT2D eigenvalue weighted by atomic mass is 9.85. The van der Waals surface area contributed by atoms with Gasteiger partial charge < -0.3 is 14.7 Å². The van der Waals surface area contributed by atoms with E-state index in [9.17, 15) is 14.7 Å². The average molecular weight is 585 g/mol. The molecule has 1 amide bonds. The molecule has 9 heteroatoms. The van der Waals surface area contributed by atoms with Gasteiger partial charge in [0.05, 0.1) is 22.5 Å². The lowest BCUT2D eigenvalue weighted by Crippen LogP contribution is -2.38. The van der Waals surface area contributed by atoms with Gasteiger partial charge in [0, 0.05) is 24.6 Å². The van der Waals surface area contributed by atoms with E-state index in [0.717, 1.165) is 67.1 Å². The summed E-state index contributed by atoms with van der Waals surface area (Å²) >= 11 is 1.60. The third kappa shape index (κ3) is 5.70. The maximum absolute atomic E-state index is 12.5. The van der Waals surface area contributed by atoms with Crippen molar-refractivity contribution in [2.75, 3.05) is 13.1 Å². The molecule has 1 aromatic carbocycles. The van der Waals surface area contributed by atoms with E-state index >= 15 is 0 Å². The summed E-state index contributed by atoms with van der Waals surface area (Å²) < 4.78 is 7.91. The van der Waals surface area contributed by atoms with Gasteiger partial charge >= 0.3 is 5.97 Å². The Morgan fingerprint density at radius 2 is 1.83 bits per heavy atom. The number of hydrogen-bond acceptors (Lipinski definition) is 6. The second-order valence-electron chi connectivity index (χ2n) is 11.1. The molecule has 0 bridgehead atoms. The first-order valence-corrected chi connectivity index (χ1v) is 15.7. The van der Waals surface area contributed by atoms with Crippen LogP contribution in [0.1, 0.15) is 78.2 Å². The number of likely N-dealkylation sites (tertiary alicyclic amines) is 1. The molecule has 0 unspecified atom stereocenters. The monoisotopic (exact) mass is 584 g/mol. The number of carboxylic acids is 1. The normalized spacial score (nSPS) is 15.6. The van der Waals surface area contributed by atoms with Gasteiger partial charge in [0.15, 0.2) is 5.82 Å². The minimum Gasteiger partial charge on any atom is -0.489 e. The van der Waals surface area contributed by atoms with Crippen molar-refractivity contribution in [1.29, 1.82) is 0 Å². The molecule has 218 valence electrons. The van der Waals surface area contributed by atoms with Gasteiger partial charge in [-0.15, -0.1) is 11.3 Å². The average Bonchev–Trinajstić information content (AvgIpc) is 3.60. The van der Waals surface area contributed by atoms with E-state index in [0.29, 0.717) is 42.3 Å². The molecule has 0 atom stereocenters. The highest BCUT2D eigenvalue weighted by Crippen LogP contribution is 2.37. The predicted molar refractivity (Wildman–Crippen MR) is 162 cm³/mol. The summed E-state index contributed by atoms with van der Waals surface area (Å²) in [6.45, 7) is 6.24. The summed E-state index contributed by atoms with van der Waals surface area (Å²) in [6.07, 6.45) is 7.02. The molecule has 3 aromatic heterocycles. The molecule has 4 heterocycles. The quantitative estimate of drug-likeness (QED) is 0.228. The molecular weight excluding hydrogens is 548 g/mol. The molecule has 2 aliphatic rings. The van der Waals surface area contributed by atoms with E-state index in [1.807, 2.05) is 30.5 Å². The summed E-state index contributed by atoms with van der Waals surface area (Å²) in [5.41, 5.74) is 5.35. The van der Waals surface area contributed by atoms with Gasteiger partial charge in [-0.05, 0) is 91.3 Å². The minimum absolute atomic E-state index is 0.196. The number of rotatable bonds is 10. The van der Waals surface area contributed by atoms with Gasteiger partial charge in [0.2, 0.25) is 5.91 Å². The number of aryl methyl sites for hydroxylation is 1. The summed E-state index contributed by atoms with van der Waals surface area (Å²) in [7, 11) is 0. The Kier molecular flexibility index (Phi) is 8.11. The second-order valence-corrected chi connectivity index (χ2v) is 12.0. The lowest BCUT2D eigenvalue weighted by Gasteiger charge is -2.33. The molecule has 1 aliphatic carbocycles. The Labute approximate surface area is 250 Å². The molecule has 6 rings (SSSR count). The third-order valence-corrected chi connectivity index (χ3v) is 9.41. The third-order valence-electron chi connectivity index (χ3n) is 8.43. The number of amides is 1. The first-order chi connectivity index (χ1) is 20.5. The number of aromatic nitrogens is 3. The molecule has 1 N–H and O–H groups in total. The number of carbonyl (C=O) groups excluding carboxylic acids is 1. The smallest absolute Gasteiger partial charge is 0.339 e. The number of carboxylic acid groups (broad SMARTS) is 1. The van der Waals surface area contributed by atoms with Gasteiger partial charge in [-0.2, -0.15) is 5.10 Å². The summed E-state index contributed by atoms with van der Waals surface area (Å²) in [4.78, 5) is 32.0. The molecular formula is C33H36N4O4S. The molecule has 42 heavy (non-hydrogen) atoms. The van der Waals surface area contributed by atoms with Crippen molar-refractivity contribution >= 4 is 23.2 Å². The van der Waals surface area contributed by atoms with Crippen molar-refractivity contribution < 1.29 is 19.4 Å². The SMILES string of the molecule is CCc1cc(OCc2ccsc2-c2cccc(-n3ncc(C(=O)O)c3CC)n2)ccc1C1CCN(C(=O)C2CC2)CC1. The molecule has 0 radical (unpaired) electrons. The topological polar surface area (TPSA) is 97.6 Å². The van der Waals surface area contributed by atoms with Crippen LogP contribution in [-0.4, -0.2) is 49.7 Å². The first kappa shape index (κ1) is 28.2. The lowest BCUT2D eigenvalue weighted by molar-refractivity contribution is -0.133. The van der Waals surface area contributed by atoms with Crippen molar-refractivity contribution in [2.24, 2.45) is 5.92 Å². The molecule has 4 aromatic rings. The molecule has 1 saturated carbocycles. The van der Waals surface area contributed by atoms with Crippen molar-refractivity contribution in [3.05, 3.63) is 82.0 Å². The maximum atomic E-state index is 12.5. The second kappa shape index (κ2) is 12.1. The van der Waals surface area contributed by atoms with Crippen molar-refractivity contribution in [1.82, 2.24) is 19.7 Å². The van der Waals surface area contributed by atoms with E-state index in [-0.39, 0.29) is 5.56 Å². The molecule has 8 nitrogen and oxygen atoms in total. The Hall–Kier alpha value is -3.98. The number of aromatic carboxylic acids is 1. The summed E-state index contributed by atoms with van der Waals surface area (Å²) in [6, 6.07) is 14.2. The van der Waals surface area contributed by atoms with Crippen LogP contribution < -0.4 is 4.74 Å². The van der Waals surface area contributed by atoms with Crippen LogP contribution in [0.3, 0.4) is 0 Å². The highest BCUT2D eigenvalue weighted by atomic mass is 32.1. The molecule has 0 spiro atoms. The van der Waals surface area contributed by atoms with Crippen LogP contribution in [0.25, 0.3) is 16.4 Å². The van der Waals surface area contributed by atoms with Crippen LogP contribution in [-0.2, 0) is 24.2 Å². The maximum Gasteiger partial charge on any atom is 0.339 e. The van der Waals surface area contributed by atoms with Crippen LogP contribution >= 0.6 is 11.3 Å². The van der Waals surface area contributed by atoms with E-state index in [1.54, 1.807) is 16.0 Å². The van der Waals surface area contributed by atoms with E-state index < -0.39 is 5.97 Å². The van der Waals surface area contributed by atoms with Crippen molar-refractivity contribution in [2.45, 2.75) is 64.9 Å². The zero-order valence-corrected chi connectivity index (χ0v) is 24.9. The van der Waals surface area contributed by atoms with Crippen molar-refractivity contribution in [3.8, 4) is 22.1 Å². The number of thiophene rings is 1. The Balaban J connectivity index is 1.15. The van der Waals surface area contributed by atoms with Crippen molar-refractivity contribution in [3.63, 3.8) is 0 Å². The first-order valence-electron chi connectivity index (χ1n) is 14.9. The summed E-state index contributed by atoms with van der Waals surface area (Å²) in [5, 5.41) is 15.9. The zero-order chi connectivity index (χ0) is 29.2. The van der Waals surface area contributed by atoms with Gasteiger partial charge in [-0.3, -0.25) is 4.79 Å². The van der Waals surface area contributed by atoms with Crippen LogP contribution in [0.5, 0.6) is 5.75 Å². The van der Waals surface area contributed by atoms with E-state index in [2.05, 4.69) is 41.2 Å². The number of carbonyl (C=O) groups is 2. The Morgan fingerprint density at radius 3 is 2.55 bits per heavy atom. The van der Waals surface area contributed by atoms with Crippen LogP contribution in [0, 0.1) is 5.92 Å². The number of nitrogens with zero attached hydrogens (tertiary/aromatic N) is 4. The number of ether oxygens (including phenoxy) is 1. The number of benzene rings is 1.